The molecule has 6 heteroatoms. The van der Waals surface area contributed by atoms with Gasteiger partial charge in [-0.3, -0.25) is 4.79 Å². The molecule has 2 aromatic rings. The van der Waals surface area contributed by atoms with Crippen LogP contribution in [0.5, 0.6) is 0 Å². The van der Waals surface area contributed by atoms with Crippen molar-refractivity contribution in [3.8, 4) is 0 Å². The molecule has 0 bridgehead atoms. The number of amides is 1. The molecule has 0 saturated carbocycles. The minimum Gasteiger partial charge on any atom is -0.347 e. The zero-order valence-corrected chi connectivity index (χ0v) is 13.8. The van der Waals surface area contributed by atoms with E-state index in [2.05, 4.69) is 36.9 Å². The molecule has 0 atom stereocenters. The molecule has 20 heavy (non-hydrogen) atoms. The Morgan fingerprint density at radius 3 is 2.85 bits per heavy atom. The molecule has 1 amide bonds. The Balaban J connectivity index is 2.03. The molecule has 0 radical (unpaired) electrons. The Morgan fingerprint density at radius 1 is 1.40 bits per heavy atom. The van der Waals surface area contributed by atoms with Gasteiger partial charge in [0.1, 0.15) is 4.88 Å². The summed E-state index contributed by atoms with van der Waals surface area (Å²) < 4.78 is 3.87. The van der Waals surface area contributed by atoms with Crippen molar-refractivity contribution < 1.29 is 4.79 Å². The van der Waals surface area contributed by atoms with Crippen molar-refractivity contribution in [2.75, 3.05) is 0 Å². The van der Waals surface area contributed by atoms with Crippen molar-refractivity contribution in [2.45, 2.75) is 31.6 Å². The largest absolute Gasteiger partial charge is 0.347 e. The number of hydrogen-bond donors (Lipinski definition) is 1. The lowest BCUT2D eigenvalue weighted by atomic mass is 10.1. The van der Waals surface area contributed by atoms with Crippen LogP contribution in [-0.2, 0) is 11.9 Å². The summed E-state index contributed by atoms with van der Waals surface area (Å²) in [6, 6.07) is 8.11. The second kappa shape index (κ2) is 6.95. The number of nitrogens with zero attached hydrogens (tertiary/aromatic N) is 2. The molecule has 1 N–H and O–H groups in total. The van der Waals surface area contributed by atoms with Crippen LogP contribution in [0.25, 0.3) is 0 Å². The molecule has 0 aliphatic heterocycles. The predicted octanol–water partition coefficient (Wildman–Crippen LogP) is 3.49. The molecule has 4 nitrogen and oxygen atoms in total. The van der Waals surface area contributed by atoms with Crippen molar-refractivity contribution in [2.24, 2.45) is 0 Å². The highest BCUT2D eigenvalue weighted by Gasteiger charge is 2.18. The van der Waals surface area contributed by atoms with Crippen molar-refractivity contribution in [1.29, 1.82) is 0 Å². The van der Waals surface area contributed by atoms with E-state index in [0.29, 0.717) is 11.4 Å². The molecule has 1 aromatic heterocycles. The topological polar surface area (TPSA) is 54.9 Å². The first-order valence-electron chi connectivity index (χ1n) is 6.36. The van der Waals surface area contributed by atoms with E-state index in [4.69, 9.17) is 0 Å². The van der Waals surface area contributed by atoms with Crippen molar-refractivity contribution in [3.05, 3.63) is 46.0 Å². The lowest BCUT2D eigenvalue weighted by Crippen LogP contribution is -2.23. The van der Waals surface area contributed by atoms with Gasteiger partial charge in [0, 0.05) is 11.9 Å². The summed E-state index contributed by atoms with van der Waals surface area (Å²) in [4.78, 5) is 12.8. The van der Waals surface area contributed by atoms with Gasteiger partial charge in [0.2, 0.25) is 0 Å². The van der Waals surface area contributed by atoms with Crippen LogP contribution in [0.3, 0.4) is 0 Å². The van der Waals surface area contributed by atoms with Gasteiger partial charge in [-0.1, -0.05) is 58.5 Å². The Morgan fingerprint density at radius 2 is 2.15 bits per heavy atom. The average Bonchev–Trinajstić information content (AvgIpc) is 2.94. The Labute approximate surface area is 130 Å². The van der Waals surface area contributed by atoms with Gasteiger partial charge in [0.15, 0.2) is 0 Å². The lowest BCUT2D eigenvalue weighted by molar-refractivity contribution is 0.0953. The Kier molecular flexibility index (Phi) is 5.25. The van der Waals surface area contributed by atoms with Crippen LogP contribution >= 0.6 is 27.5 Å². The van der Waals surface area contributed by atoms with Gasteiger partial charge in [-0.2, -0.15) is 0 Å². The monoisotopic (exact) mass is 353 g/mol. The summed E-state index contributed by atoms with van der Waals surface area (Å²) >= 11 is 4.57. The van der Waals surface area contributed by atoms with Gasteiger partial charge in [-0.05, 0) is 28.6 Å². The van der Waals surface area contributed by atoms with Crippen LogP contribution in [0.2, 0.25) is 0 Å². The lowest BCUT2D eigenvalue weighted by Gasteiger charge is -2.07. The third-order valence-corrected chi connectivity index (χ3v) is 4.25. The molecule has 0 unspecified atom stereocenters. The maximum absolute atomic E-state index is 12.2. The summed E-state index contributed by atoms with van der Waals surface area (Å²) in [5.41, 5.74) is 3.04. The van der Waals surface area contributed by atoms with Gasteiger partial charge >= 0.3 is 0 Å². The van der Waals surface area contributed by atoms with E-state index in [-0.39, 0.29) is 11.8 Å². The zero-order valence-electron chi connectivity index (χ0n) is 11.4. The average molecular weight is 354 g/mol. The minimum absolute atomic E-state index is 0.104. The smallest absolute Gasteiger partial charge is 0.265 e. The molecule has 1 aromatic carbocycles. The summed E-state index contributed by atoms with van der Waals surface area (Å²) in [7, 11) is 0. The summed E-state index contributed by atoms with van der Waals surface area (Å²) in [6.07, 6.45) is 0. The highest BCUT2D eigenvalue weighted by molar-refractivity contribution is 9.08. The summed E-state index contributed by atoms with van der Waals surface area (Å²) in [5.74, 6) is 0.0965. The fraction of sp³-hybridized carbons (Fsp3) is 0.357. The first-order valence-corrected chi connectivity index (χ1v) is 8.25. The Bertz CT molecular complexity index is 598. The van der Waals surface area contributed by atoms with Gasteiger partial charge in [0.05, 0.1) is 5.69 Å². The standard InChI is InChI=1S/C14H16BrN3OS/c1-9(2)12-13(20-18-17-12)14(19)16-8-11-5-3-4-10(6-11)7-15/h3-6,9H,7-8H2,1-2H3,(H,16,19). The molecule has 0 saturated heterocycles. The molecule has 0 aliphatic rings. The molecule has 106 valence electrons. The SMILES string of the molecule is CC(C)c1nnsc1C(=O)NCc1cccc(CBr)c1. The fourth-order valence-corrected chi connectivity index (χ4v) is 2.90. The molecule has 2 rings (SSSR count). The second-order valence-electron chi connectivity index (χ2n) is 4.78. The summed E-state index contributed by atoms with van der Waals surface area (Å²) in [5, 5.41) is 7.76. The van der Waals surface area contributed by atoms with Gasteiger partial charge in [-0.15, -0.1) is 5.10 Å². The molecule has 1 heterocycles. The number of hydrogen-bond acceptors (Lipinski definition) is 4. The number of alkyl halides is 1. The Hall–Kier alpha value is -1.27. The maximum atomic E-state index is 12.2. The van der Waals surface area contributed by atoms with Crippen molar-refractivity contribution in [3.63, 3.8) is 0 Å². The first kappa shape index (κ1) is 15.1. The second-order valence-corrected chi connectivity index (χ2v) is 6.09. The zero-order chi connectivity index (χ0) is 14.5. The molecule has 0 fully saturated rings. The first-order chi connectivity index (χ1) is 9.61. The highest BCUT2D eigenvalue weighted by atomic mass is 79.9. The van der Waals surface area contributed by atoms with Crippen LogP contribution in [0.4, 0.5) is 0 Å². The number of benzene rings is 1. The number of aromatic nitrogens is 2. The maximum Gasteiger partial charge on any atom is 0.265 e. The number of carbonyl (C=O) groups is 1. The van der Waals surface area contributed by atoms with E-state index in [1.807, 2.05) is 32.0 Å². The van der Waals surface area contributed by atoms with Gasteiger partial charge < -0.3 is 5.32 Å². The van der Waals surface area contributed by atoms with Crippen LogP contribution in [0, 0.1) is 0 Å². The third kappa shape index (κ3) is 3.64. The summed E-state index contributed by atoms with van der Waals surface area (Å²) in [6.45, 7) is 4.52. The molecular weight excluding hydrogens is 338 g/mol. The van der Waals surface area contributed by atoms with E-state index in [1.54, 1.807) is 0 Å². The van der Waals surface area contributed by atoms with E-state index < -0.39 is 0 Å². The van der Waals surface area contributed by atoms with Crippen LogP contribution < -0.4 is 5.32 Å². The number of nitrogens with one attached hydrogen (secondary N) is 1. The number of rotatable bonds is 5. The van der Waals surface area contributed by atoms with E-state index in [0.717, 1.165) is 28.1 Å². The van der Waals surface area contributed by atoms with E-state index in [1.165, 1.54) is 5.56 Å². The fourth-order valence-electron chi connectivity index (χ4n) is 1.82. The quantitative estimate of drug-likeness (QED) is 0.837. The number of carbonyl (C=O) groups excluding carboxylic acids is 1. The normalized spacial score (nSPS) is 10.8. The van der Waals surface area contributed by atoms with E-state index >= 15 is 0 Å². The van der Waals surface area contributed by atoms with Crippen molar-refractivity contribution >= 4 is 33.4 Å². The van der Waals surface area contributed by atoms with Crippen LogP contribution in [-0.4, -0.2) is 15.5 Å². The van der Waals surface area contributed by atoms with Crippen LogP contribution in [0.15, 0.2) is 24.3 Å². The number of halogens is 1. The molecule has 0 spiro atoms. The molecule has 0 aliphatic carbocycles. The predicted molar refractivity (Wildman–Crippen MR) is 84.2 cm³/mol. The van der Waals surface area contributed by atoms with Gasteiger partial charge in [-0.25, -0.2) is 0 Å². The highest BCUT2D eigenvalue weighted by Crippen LogP contribution is 2.19. The minimum atomic E-state index is -0.104. The van der Waals surface area contributed by atoms with Gasteiger partial charge in [0.25, 0.3) is 5.91 Å². The third-order valence-electron chi connectivity index (χ3n) is 2.87. The molecular formula is C14H16BrN3OS. The van der Waals surface area contributed by atoms with Crippen LogP contribution in [0.1, 0.15) is 46.3 Å². The van der Waals surface area contributed by atoms with Crippen molar-refractivity contribution in [1.82, 2.24) is 14.9 Å². The van der Waals surface area contributed by atoms with E-state index in [9.17, 15) is 4.79 Å².